The van der Waals surface area contributed by atoms with Gasteiger partial charge in [0.15, 0.2) is 0 Å². The van der Waals surface area contributed by atoms with E-state index in [1.807, 2.05) is 19.1 Å². The Balaban J connectivity index is 0.00000180. The molecule has 1 fully saturated rings. The number of benzene rings is 1. The molecule has 0 radical (unpaired) electrons. The van der Waals surface area contributed by atoms with Gasteiger partial charge in [-0.2, -0.15) is 0 Å². The largest absolute Gasteiger partial charge is 0.314 e. The Labute approximate surface area is 121 Å². The van der Waals surface area contributed by atoms with E-state index in [0.29, 0.717) is 17.5 Å². The van der Waals surface area contributed by atoms with E-state index < -0.39 is 10.0 Å². The number of halogens is 1. The third-order valence-electron chi connectivity index (χ3n) is 3.33. The highest BCUT2D eigenvalue weighted by Crippen LogP contribution is 2.14. The van der Waals surface area contributed by atoms with Crippen molar-refractivity contribution in [3.63, 3.8) is 0 Å². The van der Waals surface area contributed by atoms with Crippen LogP contribution < -0.4 is 10.0 Å². The molecule has 1 aliphatic rings. The summed E-state index contributed by atoms with van der Waals surface area (Å²) in [5, 5.41) is 3.36. The second-order valence-electron chi connectivity index (χ2n) is 4.75. The van der Waals surface area contributed by atoms with Crippen molar-refractivity contribution in [1.29, 1.82) is 0 Å². The lowest BCUT2D eigenvalue weighted by atomic mass is 10.2. The lowest BCUT2D eigenvalue weighted by molar-refractivity contribution is 0.539. The standard InChI is InChI=1S/C13H20N2O2S.ClH/c1-11-5-2-3-7-13(11)18(16,17)15-10-8-12-6-4-9-14-12;/h2-3,5,7,12,14-15H,4,6,8-10H2,1H3;1H/t12-;/m1./s1. The summed E-state index contributed by atoms with van der Waals surface area (Å²) >= 11 is 0. The maximum absolute atomic E-state index is 12.1. The van der Waals surface area contributed by atoms with Gasteiger partial charge >= 0.3 is 0 Å². The molecule has 4 nitrogen and oxygen atoms in total. The minimum Gasteiger partial charge on any atom is -0.314 e. The molecule has 0 amide bonds. The zero-order chi connectivity index (χ0) is 13.0. The molecule has 1 aromatic rings. The van der Waals surface area contributed by atoms with Crippen LogP contribution in [0.1, 0.15) is 24.8 Å². The molecular formula is C13H21ClN2O2S. The molecule has 1 saturated heterocycles. The molecule has 6 heteroatoms. The number of sulfonamides is 1. The Hall–Kier alpha value is -0.620. The summed E-state index contributed by atoms with van der Waals surface area (Å²) in [4.78, 5) is 0.379. The maximum Gasteiger partial charge on any atom is 0.240 e. The van der Waals surface area contributed by atoms with Gasteiger partial charge in [0.1, 0.15) is 0 Å². The van der Waals surface area contributed by atoms with Crippen molar-refractivity contribution in [3.05, 3.63) is 29.8 Å². The first-order chi connectivity index (χ1) is 8.59. The highest BCUT2D eigenvalue weighted by Gasteiger charge is 2.18. The molecule has 1 heterocycles. The predicted octanol–water partition coefficient (Wildman–Crippen LogP) is 1.84. The van der Waals surface area contributed by atoms with Crippen molar-refractivity contribution in [1.82, 2.24) is 10.0 Å². The van der Waals surface area contributed by atoms with Crippen LogP contribution in [0.25, 0.3) is 0 Å². The fourth-order valence-corrected chi connectivity index (χ4v) is 3.60. The van der Waals surface area contributed by atoms with E-state index in [2.05, 4.69) is 10.0 Å². The summed E-state index contributed by atoms with van der Waals surface area (Å²) in [6, 6.07) is 7.51. The molecule has 19 heavy (non-hydrogen) atoms. The third-order valence-corrected chi connectivity index (χ3v) is 4.95. The number of nitrogens with one attached hydrogen (secondary N) is 2. The van der Waals surface area contributed by atoms with Gasteiger partial charge < -0.3 is 5.32 Å². The van der Waals surface area contributed by atoms with Crippen molar-refractivity contribution in [2.45, 2.75) is 37.1 Å². The fourth-order valence-electron chi connectivity index (χ4n) is 2.31. The molecule has 0 aromatic heterocycles. The SMILES string of the molecule is Cc1ccccc1S(=O)(=O)NCC[C@H]1CCCN1.Cl. The van der Waals surface area contributed by atoms with Crippen LogP contribution in [0.2, 0.25) is 0 Å². The van der Waals surface area contributed by atoms with Gasteiger partial charge in [0, 0.05) is 12.6 Å². The quantitative estimate of drug-likeness (QED) is 0.872. The zero-order valence-corrected chi connectivity index (χ0v) is 12.7. The van der Waals surface area contributed by atoms with Crippen LogP contribution in [-0.4, -0.2) is 27.5 Å². The molecule has 108 valence electrons. The van der Waals surface area contributed by atoms with Crippen molar-refractivity contribution in [3.8, 4) is 0 Å². The molecule has 1 aromatic carbocycles. The van der Waals surface area contributed by atoms with Crippen LogP contribution in [0.5, 0.6) is 0 Å². The third kappa shape index (κ3) is 4.45. The van der Waals surface area contributed by atoms with E-state index in [4.69, 9.17) is 0 Å². The van der Waals surface area contributed by atoms with Gasteiger partial charge in [-0.1, -0.05) is 18.2 Å². The first-order valence-corrected chi connectivity index (χ1v) is 7.86. The van der Waals surface area contributed by atoms with Gasteiger partial charge in [0.25, 0.3) is 0 Å². The van der Waals surface area contributed by atoms with E-state index in [1.165, 1.54) is 6.42 Å². The fraction of sp³-hybridized carbons (Fsp3) is 0.538. The molecule has 0 unspecified atom stereocenters. The Morgan fingerprint density at radius 3 is 2.74 bits per heavy atom. The van der Waals surface area contributed by atoms with E-state index >= 15 is 0 Å². The van der Waals surface area contributed by atoms with E-state index in [0.717, 1.165) is 24.9 Å². The van der Waals surface area contributed by atoms with Crippen molar-refractivity contribution < 1.29 is 8.42 Å². The summed E-state index contributed by atoms with van der Waals surface area (Å²) in [7, 11) is -3.36. The zero-order valence-electron chi connectivity index (χ0n) is 11.1. The van der Waals surface area contributed by atoms with Crippen molar-refractivity contribution in [2.75, 3.05) is 13.1 Å². The lowest BCUT2D eigenvalue weighted by Crippen LogP contribution is -2.30. The van der Waals surface area contributed by atoms with Gasteiger partial charge in [-0.05, 0) is 44.4 Å². The molecule has 0 saturated carbocycles. The van der Waals surface area contributed by atoms with E-state index in [-0.39, 0.29) is 12.4 Å². The van der Waals surface area contributed by atoms with Gasteiger partial charge in [0.05, 0.1) is 4.90 Å². The van der Waals surface area contributed by atoms with Gasteiger partial charge in [0.2, 0.25) is 10.0 Å². The van der Waals surface area contributed by atoms with E-state index in [1.54, 1.807) is 12.1 Å². The predicted molar refractivity (Wildman–Crippen MR) is 79.3 cm³/mol. The molecular weight excluding hydrogens is 284 g/mol. The molecule has 0 bridgehead atoms. The molecule has 0 spiro atoms. The second kappa shape index (κ2) is 7.24. The van der Waals surface area contributed by atoms with Crippen LogP contribution in [0, 0.1) is 6.92 Å². The summed E-state index contributed by atoms with van der Waals surface area (Å²) in [6.07, 6.45) is 3.19. The van der Waals surface area contributed by atoms with Crippen LogP contribution in [0.3, 0.4) is 0 Å². The first kappa shape index (κ1) is 16.4. The summed E-state index contributed by atoms with van der Waals surface area (Å²) in [6.45, 7) is 3.36. The number of rotatable bonds is 5. The average molecular weight is 305 g/mol. The first-order valence-electron chi connectivity index (χ1n) is 6.38. The topological polar surface area (TPSA) is 58.2 Å². The Morgan fingerprint density at radius 2 is 2.11 bits per heavy atom. The van der Waals surface area contributed by atoms with Crippen LogP contribution in [-0.2, 0) is 10.0 Å². The lowest BCUT2D eigenvalue weighted by Gasteiger charge is -2.12. The van der Waals surface area contributed by atoms with Gasteiger partial charge in [-0.3, -0.25) is 0 Å². The Morgan fingerprint density at radius 1 is 1.37 bits per heavy atom. The molecule has 1 aliphatic heterocycles. The Kier molecular flexibility index (Phi) is 6.26. The molecule has 2 rings (SSSR count). The Bertz CT molecular complexity index is 499. The van der Waals surface area contributed by atoms with Gasteiger partial charge in [-0.25, -0.2) is 13.1 Å². The number of hydrogen-bond donors (Lipinski definition) is 2. The van der Waals surface area contributed by atoms with Crippen molar-refractivity contribution >= 4 is 22.4 Å². The highest BCUT2D eigenvalue weighted by atomic mass is 35.5. The molecule has 0 aliphatic carbocycles. The van der Waals surface area contributed by atoms with Crippen LogP contribution in [0.15, 0.2) is 29.2 Å². The smallest absolute Gasteiger partial charge is 0.240 e. The minimum atomic E-state index is -3.36. The summed E-state index contributed by atoms with van der Waals surface area (Å²) < 4.78 is 26.9. The minimum absolute atomic E-state index is 0. The van der Waals surface area contributed by atoms with Crippen LogP contribution in [0.4, 0.5) is 0 Å². The summed E-state index contributed by atoms with van der Waals surface area (Å²) in [5.41, 5.74) is 0.781. The second-order valence-corrected chi connectivity index (χ2v) is 6.48. The number of aryl methyl sites for hydroxylation is 1. The molecule has 1 atom stereocenters. The highest BCUT2D eigenvalue weighted by molar-refractivity contribution is 7.89. The number of hydrogen-bond acceptors (Lipinski definition) is 3. The van der Waals surface area contributed by atoms with Crippen molar-refractivity contribution in [2.24, 2.45) is 0 Å². The maximum atomic E-state index is 12.1. The van der Waals surface area contributed by atoms with E-state index in [9.17, 15) is 8.42 Å². The normalized spacial score (nSPS) is 19.1. The monoisotopic (exact) mass is 304 g/mol. The molecule has 2 N–H and O–H groups in total. The average Bonchev–Trinajstić information content (AvgIpc) is 2.82. The van der Waals surface area contributed by atoms with Gasteiger partial charge in [-0.15, -0.1) is 12.4 Å². The summed E-state index contributed by atoms with van der Waals surface area (Å²) in [5.74, 6) is 0. The van der Waals surface area contributed by atoms with Crippen LogP contribution >= 0.6 is 12.4 Å².